The molecule has 1 aliphatic heterocycles. The SMILES string of the molecule is CNCC1(CN2CCCCC2)CC1. The van der Waals surface area contributed by atoms with Crippen LogP contribution in [0.25, 0.3) is 0 Å². The highest BCUT2D eigenvalue weighted by Gasteiger charge is 2.42. The number of hydrogen-bond acceptors (Lipinski definition) is 2. The quantitative estimate of drug-likeness (QED) is 0.708. The summed E-state index contributed by atoms with van der Waals surface area (Å²) < 4.78 is 0. The molecular weight excluding hydrogens is 160 g/mol. The Balaban J connectivity index is 1.76. The monoisotopic (exact) mass is 182 g/mol. The minimum absolute atomic E-state index is 0.673. The largest absolute Gasteiger partial charge is 0.319 e. The Kier molecular flexibility index (Phi) is 2.89. The fourth-order valence-corrected chi connectivity index (χ4v) is 2.53. The van der Waals surface area contributed by atoms with Gasteiger partial charge in [0.15, 0.2) is 0 Å². The van der Waals surface area contributed by atoms with E-state index in [0.29, 0.717) is 5.41 Å². The lowest BCUT2D eigenvalue weighted by molar-refractivity contribution is 0.185. The second kappa shape index (κ2) is 3.97. The summed E-state index contributed by atoms with van der Waals surface area (Å²) in [7, 11) is 2.08. The van der Waals surface area contributed by atoms with Crippen LogP contribution in [0.4, 0.5) is 0 Å². The Hall–Kier alpha value is -0.0800. The molecule has 0 spiro atoms. The van der Waals surface area contributed by atoms with E-state index in [-0.39, 0.29) is 0 Å². The molecule has 2 aliphatic rings. The van der Waals surface area contributed by atoms with Crippen molar-refractivity contribution < 1.29 is 0 Å². The van der Waals surface area contributed by atoms with Crippen molar-refractivity contribution in [2.75, 3.05) is 33.2 Å². The molecule has 1 aliphatic carbocycles. The van der Waals surface area contributed by atoms with E-state index in [0.717, 1.165) is 0 Å². The predicted octanol–water partition coefficient (Wildman–Crippen LogP) is 1.47. The average molecular weight is 182 g/mol. The van der Waals surface area contributed by atoms with E-state index in [1.54, 1.807) is 0 Å². The topological polar surface area (TPSA) is 15.3 Å². The van der Waals surface area contributed by atoms with Crippen LogP contribution in [0.3, 0.4) is 0 Å². The molecule has 2 fully saturated rings. The highest BCUT2D eigenvalue weighted by atomic mass is 15.1. The lowest BCUT2D eigenvalue weighted by Crippen LogP contribution is -2.38. The van der Waals surface area contributed by atoms with E-state index in [4.69, 9.17) is 0 Å². The maximum absolute atomic E-state index is 3.33. The molecular formula is C11H22N2. The fraction of sp³-hybridized carbons (Fsp3) is 1.00. The van der Waals surface area contributed by atoms with Crippen molar-refractivity contribution in [2.45, 2.75) is 32.1 Å². The average Bonchev–Trinajstić information content (AvgIpc) is 2.87. The van der Waals surface area contributed by atoms with Crippen molar-refractivity contribution in [1.29, 1.82) is 0 Å². The van der Waals surface area contributed by atoms with E-state index in [1.807, 2.05) is 0 Å². The van der Waals surface area contributed by atoms with Crippen molar-refractivity contribution in [1.82, 2.24) is 10.2 Å². The van der Waals surface area contributed by atoms with Crippen LogP contribution in [0.2, 0.25) is 0 Å². The number of hydrogen-bond donors (Lipinski definition) is 1. The van der Waals surface area contributed by atoms with Crippen molar-refractivity contribution >= 4 is 0 Å². The molecule has 1 heterocycles. The molecule has 0 aromatic heterocycles. The minimum atomic E-state index is 0.673. The Morgan fingerprint density at radius 3 is 2.38 bits per heavy atom. The predicted molar refractivity (Wildman–Crippen MR) is 55.9 cm³/mol. The highest BCUT2D eigenvalue weighted by molar-refractivity contribution is 4.97. The number of nitrogens with one attached hydrogen (secondary N) is 1. The van der Waals surface area contributed by atoms with Gasteiger partial charge in [-0.1, -0.05) is 6.42 Å². The van der Waals surface area contributed by atoms with Gasteiger partial charge < -0.3 is 10.2 Å². The first kappa shape index (κ1) is 9.47. The van der Waals surface area contributed by atoms with E-state index < -0.39 is 0 Å². The zero-order chi connectivity index (χ0) is 9.15. The molecule has 2 heteroatoms. The summed E-state index contributed by atoms with van der Waals surface area (Å²) in [5, 5.41) is 3.33. The second-order valence-corrected chi connectivity index (χ2v) is 4.87. The molecule has 0 aromatic carbocycles. The molecule has 76 valence electrons. The van der Waals surface area contributed by atoms with E-state index in [9.17, 15) is 0 Å². The lowest BCUT2D eigenvalue weighted by Gasteiger charge is -2.30. The standard InChI is InChI=1S/C11H22N2/c1-12-9-11(5-6-11)10-13-7-3-2-4-8-13/h12H,2-10H2,1H3. The summed E-state index contributed by atoms with van der Waals surface area (Å²) in [5.41, 5.74) is 0.673. The molecule has 1 N–H and O–H groups in total. The van der Waals surface area contributed by atoms with Gasteiger partial charge in [0.25, 0.3) is 0 Å². The van der Waals surface area contributed by atoms with Crippen molar-refractivity contribution in [3.05, 3.63) is 0 Å². The molecule has 1 saturated heterocycles. The van der Waals surface area contributed by atoms with Gasteiger partial charge in [-0.25, -0.2) is 0 Å². The van der Waals surface area contributed by atoms with Crippen LogP contribution in [0.5, 0.6) is 0 Å². The third-order valence-corrected chi connectivity index (χ3v) is 3.52. The van der Waals surface area contributed by atoms with Crippen molar-refractivity contribution in [3.8, 4) is 0 Å². The van der Waals surface area contributed by atoms with Crippen LogP contribution < -0.4 is 5.32 Å². The smallest absolute Gasteiger partial charge is 0.00501 e. The lowest BCUT2D eigenvalue weighted by atomic mass is 10.0. The summed E-state index contributed by atoms with van der Waals surface area (Å²) in [5.74, 6) is 0. The summed E-state index contributed by atoms with van der Waals surface area (Å²) >= 11 is 0. The number of nitrogens with zero attached hydrogens (tertiary/aromatic N) is 1. The Morgan fingerprint density at radius 2 is 1.85 bits per heavy atom. The molecule has 0 unspecified atom stereocenters. The van der Waals surface area contributed by atoms with E-state index in [2.05, 4.69) is 17.3 Å². The summed E-state index contributed by atoms with van der Waals surface area (Å²) in [6.07, 6.45) is 7.20. The summed E-state index contributed by atoms with van der Waals surface area (Å²) in [4.78, 5) is 2.67. The van der Waals surface area contributed by atoms with Gasteiger partial charge in [-0.2, -0.15) is 0 Å². The Labute approximate surface area is 81.7 Å². The van der Waals surface area contributed by atoms with Gasteiger partial charge in [0.2, 0.25) is 0 Å². The van der Waals surface area contributed by atoms with Crippen LogP contribution >= 0.6 is 0 Å². The molecule has 1 saturated carbocycles. The highest BCUT2D eigenvalue weighted by Crippen LogP contribution is 2.45. The van der Waals surface area contributed by atoms with Gasteiger partial charge in [-0.15, -0.1) is 0 Å². The zero-order valence-electron chi connectivity index (χ0n) is 8.81. The van der Waals surface area contributed by atoms with Crippen LogP contribution in [-0.2, 0) is 0 Å². The van der Waals surface area contributed by atoms with Gasteiger partial charge in [-0.3, -0.25) is 0 Å². The molecule has 2 rings (SSSR count). The maximum Gasteiger partial charge on any atom is 0.00501 e. The molecule has 0 aromatic rings. The van der Waals surface area contributed by atoms with Gasteiger partial charge in [0, 0.05) is 13.1 Å². The first-order valence-electron chi connectivity index (χ1n) is 5.72. The van der Waals surface area contributed by atoms with Crippen LogP contribution in [0, 0.1) is 5.41 Å². The van der Waals surface area contributed by atoms with Gasteiger partial charge in [0.1, 0.15) is 0 Å². The van der Waals surface area contributed by atoms with Crippen LogP contribution in [0.15, 0.2) is 0 Å². The minimum Gasteiger partial charge on any atom is -0.319 e. The second-order valence-electron chi connectivity index (χ2n) is 4.87. The number of likely N-dealkylation sites (tertiary alicyclic amines) is 1. The van der Waals surface area contributed by atoms with Crippen molar-refractivity contribution in [2.24, 2.45) is 5.41 Å². The first-order chi connectivity index (χ1) is 6.35. The zero-order valence-corrected chi connectivity index (χ0v) is 8.81. The molecule has 13 heavy (non-hydrogen) atoms. The molecule has 0 atom stereocenters. The normalized spacial score (nSPS) is 27.5. The summed E-state index contributed by atoms with van der Waals surface area (Å²) in [6.45, 7) is 5.29. The molecule has 2 nitrogen and oxygen atoms in total. The van der Waals surface area contributed by atoms with Crippen molar-refractivity contribution in [3.63, 3.8) is 0 Å². The van der Waals surface area contributed by atoms with Gasteiger partial charge in [-0.05, 0) is 51.2 Å². The third-order valence-electron chi connectivity index (χ3n) is 3.52. The third kappa shape index (κ3) is 2.44. The van der Waals surface area contributed by atoms with Gasteiger partial charge in [0.05, 0.1) is 0 Å². The van der Waals surface area contributed by atoms with Gasteiger partial charge >= 0.3 is 0 Å². The Morgan fingerprint density at radius 1 is 1.15 bits per heavy atom. The van der Waals surface area contributed by atoms with Crippen LogP contribution in [-0.4, -0.2) is 38.1 Å². The molecule has 0 radical (unpaired) electrons. The number of rotatable bonds is 4. The first-order valence-corrected chi connectivity index (χ1v) is 5.72. The number of piperidine rings is 1. The van der Waals surface area contributed by atoms with E-state index in [1.165, 1.54) is 58.3 Å². The summed E-state index contributed by atoms with van der Waals surface area (Å²) in [6, 6.07) is 0. The molecule has 0 amide bonds. The Bertz CT molecular complexity index is 157. The molecule has 0 bridgehead atoms. The maximum atomic E-state index is 3.33. The van der Waals surface area contributed by atoms with E-state index >= 15 is 0 Å². The fourth-order valence-electron chi connectivity index (χ4n) is 2.53. The van der Waals surface area contributed by atoms with Crippen LogP contribution in [0.1, 0.15) is 32.1 Å².